The largest absolute Gasteiger partial charge is 0.507 e. The van der Waals surface area contributed by atoms with Crippen molar-refractivity contribution in [3.63, 3.8) is 0 Å². The van der Waals surface area contributed by atoms with Gasteiger partial charge < -0.3 is 5.11 Å². The zero-order valence-electron chi connectivity index (χ0n) is 15.8. The third-order valence-corrected chi connectivity index (χ3v) is 8.06. The second kappa shape index (κ2) is 6.48. The minimum atomic E-state index is 0.320. The van der Waals surface area contributed by atoms with E-state index < -0.39 is 0 Å². The van der Waals surface area contributed by atoms with Gasteiger partial charge in [-0.3, -0.25) is 4.99 Å². The van der Waals surface area contributed by atoms with Gasteiger partial charge in [0.05, 0.1) is 5.69 Å². The van der Waals surface area contributed by atoms with Gasteiger partial charge in [-0.1, -0.05) is 22.0 Å². The minimum Gasteiger partial charge on any atom is -0.507 e. The number of hydrogen-bond donors (Lipinski definition) is 1. The summed E-state index contributed by atoms with van der Waals surface area (Å²) in [5, 5.41) is 10.4. The van der Waals surface area contributed by atoms with Crippen LogP contribution in [0.25, 0.3) is 0 Å². The normalized spacial score (nSPS) is 31.7. The smallest absolute Gasteiger partial charge is 0.124 e. The number of hydrogen-bond acceptors (Lipinski definition) is 2. The fourth-order valence-electron chi connectivity index (χ4n) is 6.31. The first-order chi connectivity index (χ1) is 13.0. The molecule has 4 fully saturated rings. The summed E-state index contributed by atoms with van der Waals surface area (Å²) < 4.78 is 1.09. The van der Waals surface area contributed by atoms with Crippen LogP contribution in [0.5, 0.6) is 5.75 Å². The zero-order valence-corrected chi connectivity index (χ0v) is 17.4. The Labute approximate surface area is 169 Å². The number of phenolic OH excluding ortho intramolecular Hbond substituents is 1. The average molecular weight is 424 g/mol. The molecule has 4 aliphatic carbocycles. The van der Waals surface area contributed by atoms with Gasteiger partial charge in [-0.05, 0) is 110 Å². The number of aromatic hydroxyl groups is 1. The standard InChI is InChI=1S/C24H26BrNO/c1-15-6-21(3-4-22(15)25)26-14-19-10-20(2-5-23(19)27)24-11-16-7-17(12-24)9-18(8-16)13-24/h2-6,10,14,16-18,27H,7-9,11-13H2,1H3. The molecule has 4 aliphatic rings. The van der Waals surface area contributed by atoms with Crippen molar-refractivity contribution in [2.45, 2.75) is 50.9 Å². The summed E-state index contributed by atoms with van der Waals surface area (Å²) in [6.07, 6.45) is 10.2. The number of halogens is 1. The molecule has 2 aromatic rings. The first kappa shape index (κ1) is 17.5. The lowest BCUT2D eigenvalue weighted by Gasteiger charge is -2.57. The van der Waals surface area contributed by atoms with Crippen LogP contribution in [0.3, 0.4) is 0 Å². The van der Waals surface area contributed by atoms with Crippen LogP contribution >= 0.6 is 15.9 Å². The summed E-state index contributed by atoms with van der Waals surface area (Å²) in [4.78, 5) is 4.62. The molecule has 0 radical (unpaired) electrons. The van der Waals surface area contributed by atoms with Crippen LogP contribution in [0.1, 0.15) is 55.2 Å². The molecule has 0 heterocycles. The molecular formula is C24H26BrNO. The van der Waals surface area contributed by atoms with E-state index in [2.05, 4.69) is 46.0 Å². The number of nitrogens with zero attached hydrogens (tertiary/aromatic N) is 1. The SMILES string of the molecule is Cc1cc(N=Cc2cc(C34CC5CC(CC(C5)C3)C4)ccc2O)ccc1Br. The van der Waals surface area contributed by atoms with E-state index in [-0.39, 0.29) is 0 Å². The summed E-state index contributed by atoms with van der Waals surface area (Å²) in [6, 6.07) is 12.3. The van der Waals surface area contributed by atoms with Gasteiger partial charge in [0.2, 0.25) is 0 Å². The van der Waals surface area contributed by atoms with Crippen molar-refractivity contribution in [3.05, 3.63) is 57.6 Å². The third kappa shape index (κ3) is 3.14. The highest BCUT2D eigenvalue weighted by Gasteiger charge is 2.51. The van der Waals surface area contributed by atoms with Crippen molar-refractivity contribution in [1.82, 2.24) is 0 Å². The van der Waals surface area contributed by atoms with Gasteiger partial charge in [0, 0.05) is 16.3 Å². The average Bonchev–Trinajstić information content (AvgIpc) is 2.62. The quantitative estimate of drug-likeness (QED) is 0.548. The van der Waals surface area contributed by atoms with Crippen LogP contribution in [-0.4, -0.2) is 11.3 Å². The van der Waals surface area contributed by atoms with Crippen LogP contribution in [0, 0.1) is 24.7 Å². The van der Waals surface area contributed by atoms with E-state index >= 15 is 0 Å². The van der Waals surface area contributed by atoms with E-state index in [1.165, 1.54) is 44.1 Å². The second-order valence-electron chi connectivity index (χ2n) is 9.16. The van der Waals surface area contributed by atoms with Crippen LogP contribution in [0.15, 0.2) is 45.9 Å². The van der Waals surface area contributed by atoms with Gasteiger partial charge in [0.15, 0.2) is 0 Å². The van der Waals surface area contributed by atoms with E-state index in [1.807, 2.05) is 24.4 Å². The Morgan fingerprint density at radius 3 is 2.30 bits per heavy atom. The maximum atomic E-state index is 10.4. The highest BCUT2D eigenvalue weighted by molar-refractivity contribution is 9.10. The Morgan fingerprint density at radius 1 is 1.00 bits per heavy atom. The topological polar surface area (TPSA) is 32.6 Å². The molecule has 0 spiro atoms. The van der Waals surface area contributed by atoms with Gasteiger partial charge in [-0.15, -0.1) is 0 Å². The lowest BCUT2D eigenvalue weighted by atomic mass is 9.48. The molecule has 140 valence electrons. The molecule has 4 bridgehead atoms. The van der Waals surface area contributed by atoms with Crippen LogP contribution < -0.4 is 0 Å². The van der Waals surface area contributed by atoms with Gasteiger partial charge in [-0.2, -0.15) is 0 Å². The van der Waals surface area contributed by atoms with Crippen molar-refractivity contribution in [2.75, 3.05) is 0 Å². The van der Waals surface area contributed by atoms with Crippen LogP contribution in [0.2, 0.25) is 0 Å². The summed E-state index contributed by atoms with van der Waals surface area (Å²) >= 11 is 3.53. The fourth-order valence-corrected chi connectivity index (χ4v) is 6.55. The lowest BCUT2D eigenvalue weighted by molar-refractivity contribution is -0.00520. The maximum Gasteiger partial charge on any atom is 0.124 e. The highest BCUT2D eigenvalue weighted by Crippen LogP contribution is 2.60. The Morgan fingerprint density at radius 2 is 1.67 bits per heavy atom. The van der Waals surface area contributed by atoms with Crippen molar-refractivity contribution < 1.29 is 5.11 Å². The van der Waals surface area contributed by atoms with Crippen LogP contribution in [-0.2, 0) is 5.41 Å². The molecule has 0 saturated heterocycles. The van der Waals surface area contributed by atoms with E-state index in [0.717, 1.165) is 39.0 Å². The van der Waals surface area contributed by atoms with Crippen molar-refractivity contribution in [1.29, 1.82) is 0 Å². The first-order valence-corrected chi connectivity index (χ1v) is 10.9. The highest BCUT2D eigenvalue weighted by atomic mass is 79.9. The summed E-state index contributed by atoms with van der Waals surface area (Å²) in [5.74, 6) is 3.09. The number of aryl methyl sites for hydroxylation is 1. The van der Waals surface area contributed by atoms with E-state index in [1.54, 1.807) is 0 Å². The lowest BCUT2D eigenvalue weighted by Crippen LogP contribution is -2.48. The molecule has 6 rings (SSSR count). The van der Waals surface area contributed by atoms with E-state index in [9.17, 15) is 5.11 Å². The molecule has 0 atom stereocenters. The Kier molecular flexibility index (Phi) is 4.19. The number of phenols is 1. The van der Waals surface area contributed by atoms with Crippen molar-refractivity contribution in [2.24, 2.45) is 22.7 Å². The molecule has 1 N–H and O–H groups in total. The van der Waals surface area contributed by atoms with Gasteiger partial charge >= 0.3 is 0 Å². The molecular weight excluding hydrogens is 398 g/mol. The molecule has 27 heavy (non-hydrogen) atoms. The summed E-state index contributed by atoms with van der Waals surface area (Å²) in [7, 11) is 0. The first-order valence-electron chi connectivity index (χ1n) is 10.1. The molecule has 2 aromatic carbocycles. The van der Waals surface area contributed by atoms with Crippen LogP contribution in [0.4, 0.5) is 5.69 Å². The number of aliphatic imine (C=N–C) groups is 1. The molecule has 0 unspecified atom stereocenters. The fraction of sp³-hybridized carbons (Fsp3) is 0.458. The predicted octanol–water partition coefficient (Wildman–Crippen LogP) is 6.68. The second-order valence-corrected chi connectivity index (χ2v) is 10.0. The Hall–Kier alpha value is -1.61. The van der Waals surface area contributed by atoms with Crippen molar-refractivity contribution >= 4 is 27.8 Å². The molecule has 0 aromatic heterocycles. The summed E-state index contributed by atoms with van der Waals surface area (Å²) in [5.41, 5.74) is 4.68. The third-order valence-electron chi connectivity index (χ3n) is 7.17. The molecule has 3 heteroatoms. The van der Waals surface area contributed by atoms with E-state index in [0.29, 0.717) is 11.2 Å². The number of benzene rings is 2. The molecule has 2 nitrogen and oxygen atoms in total. The monoisotopic (exact) mass is 423 g/mol. The maximum absolute atomic E-state index is 10.4. The van der Waals surface area contributed by atoms with Gasteiger partial charge in [-0.25, -0.2) is 0 Å². The summed E-state index contributed by atoms with van der Waals surface area (Å²) in [6.45, 7) is 2.06. The van der Waals surface area contributed by atoms with Gasteiger partial charge in [0.25, 0.3) is 0 Å². The van der Waals surface area contributed by atoms with Gasteiger partial charge in [0.1, 0.15) is 5.75 Å². The van der Waals surface area contributed by atoms with Crippen molar-refractivity contribution in [3.8, 4) is 5.75 Å². The minimum absolute atomic E-state index is 0.320. The Bertz CT molecular complexity index is 881. The molecule has 4 saturated carbocycles. The predicted molar refractivity (Wildman–Crippen MR) is 114 cm³/mol. The number of rotatable bonds is 3. The molecule has 0 aliphatic heterocycles. The van der Waals surface area contributed by atoms with E-state index in [4.69, 9.17) is 0 Å². The Balaban J connectivity index is 1.46. The molecule has 0 amide bonds. The zero-order chi connectivity index (χ0) is 18.6.